The highest BCUT2D eigenvalue weighted by molar-refractivity contribution is 5.97. The molecule has 4 fully saturated rings. The average Bonchev–Trinajstić information content (AvgIpc) is 3.90. The summed E-state index contributed by atoms with van der Waals surface area (Å²) in [6.45, 7) is 14.5. The number of fused-ring (bicyclic) bond motifs is 1. The van der Waals surface area contributed by atoms with Crippen LogP contribution in [0.2, 0.25) is 0 Å². The SMILES string of the molecule is CCC(C)[C@H](NC(=O)C(N)CCCCN)C(=O)NC(CNC1CN2CCC(C(=O)NC(CC(C)C)C(=O)N[C@@H](C)C(=O)NC(CC3CCCCC3)C(=O)N[C@@H](CC(C)C)C(=O)O)N2C1=O)CC1CCCCC1. The summed E-state index contributed by atoms with van der Waals surface area (Å²) >= 11 is 0. The van der Waals surface area contributed by atoms with Crippen molar-refractivity contribution in [1.29, 1.82) is 0 Å². The van der Waals surface area contributed by atoms with Crippen molar-refractivity contribution in [3.8, 4) is 0 Å². The number of rotatable bonds is 30. The number of amides is 7. The van der Waals surface area contributed by atoms with Crippen molar-refractivity contribution in [2.45, 2.75) is 225 Å². The monoisotopic (exact) mass is 1020 g/mol. The van der Waals surface area contributed by atoms with E-state index in [0.29, 0.717) is 70.6 Å². The van der Waals surface area contributed by atoms with Gasteiger partial charge in [-0.2, -0.15) is 0 Å². The first kappa shape index (κ1) is 60.2. The van der Waals surface area contributed by atoms with Gasteiger partial charge in [0.1, 0.15) is 42.3 Å². The zero-order valence-corrected chi connectivity index (χ0v) is 44.6. The quantitative estimate of drug-likeness (QED) is 0.0463. The lowest BCUT2D eigenvalue weighted by atomic mass is 9.84. The Morgan fingerprint density at radius 2 is 1.25 bits per heavy atom. The third kappa shape index (κ3) is 18.8. The molecule has 4 aliphatic rings. The van der Waals surface area contributed by atoms with Crippen molar-refractivity contribution >= 4 is 47.3 Å². The molecule has 2 saturated carbocycles. The number of hydrazine groups is 1. The molecule has 4 rings (SSSR count). The van der Waals surface area contributed by atoms with Gasteiger partial charge in [-0.05, 0) is 88.0 Å². The molecule has 0 bridgehead atoms. The number of hydrogen-bond acceptors (Lipinski definition) is 12. The van der Waals surface area contributed by atoms with E-state index in [0.717, 1.165) is 64.2 Å². The van der Waals surface area contributed by atoms with Crippen LogP contribution < -0.4 is 48.7 Å². The molecule has 7 amide bonds. The fourth-order valence-corrected chi connectivity index (χ4v) is 10.8. The largest absolute Gasteiger partial charge is 0.480 e. The highest BCUT2D eigenvalue weighted by Gasteiger charge is 2.49. The van der Waals surface area contributed by atoms with E-state index in [1.807, 2.05) is 46.6 Å². The Labute approximate surface area is 428 Å². The van der Waals surface area contributed by atoms with Gasteiger partial charge in [0.05, 0.1) is 6.04 Å². The van der Waals surface area contributed by atoms with E-state index in [2.05, 4.69) is 37.2 Å². The maximum Gasteiger partial charge on any atom is 0.326 e. The molecule has 0 aromatic rings. The Morgan fingerprint density at radius 3 is 1.83 bits per heavy atom. The third-order valence-corrected chi connectivity index (χ3v) is 15.2. The zero-order chi connectivity index (χ0) is 53.1. The van der Waals surface area contributed by atoms with Gasteiger partial charge >= 0.3 is 5.97 Å². The number of unbranched alkanes of at least 4 members (excludes halogenated alkanes) is 1. The normalized spacial score (nSPS) is 22.2. The molecular formula is C52H93N11O9. The average molecular weight is 1020 g/mol. The van der Waals surface area contributed by atoms with E-state index in [4.69, 9.17) is 11.5 Å². The summed E-state index contributed by atoms with van der Waals surface area (Å²) < 4.78 is 0. The predicted octanol–water partition coefficient (Wildman–Crippen LogP) is 2.32. The van der Waals surface area contributed by atoms with Crippen LogP contribution in [0.25, 0.3) is 0 Å². The lowest BCUT2D eigenvalue weighted by Gasteiger charge is -2.31. The molecule has 2 aliphatic carbocycles. The first-order chi connectivity index (χ1) is 34.2. The van der Waals surface area contributed by atoms with Crippen molar-refractivity contribution in [3.63, 3.8) is 0 Å². The van der Waals surface area contributed by atoms with Crippen molar-refractivity contribution in [2.75, 3.05) is 26.2 Å². The number of carbonyl (C=O) groups excluding carboxylic acids is 7. The van der Waals surface area contributed by atoms with Gasteiger partial charge in [0.25, 0.3) is 5.91 Å². The predicted molar refractivity (Wildman–Crippen MR) is 275 cm³/mol. The molecule has 20 nitrogen and oxygen atoms in total. The number of nitrogens with two attached hydrogens (primary N) is 2. The summed E-state index contributed by atoms with van der Waals surface area (Å²) in [5.41, 5.74) is 11.8. The molecular weight excluding hydrogens is 923 g/mol. The van der Waals surface area contributed by atoms with E-state index in [9.17, 15) is 43.5 Å². The van der Waals surface area contributed by atoms with E-state index >= 15 is 0 Å². The topological polar surface area (TPSA) is 300 Å². The standard InChI is InChI=1S/C52H93N11O9/c1-8-33(6)44(61-46(65)38(54)21-15-16-23-53)50(69)57-37(27-35-17-11-9-12-18-35)29-55-42-30-62-24-22-43(63(62)51(42)70)49(68)59-39(25-31(2)3)47(66)56-34(7)45(64)58-40(28-36-19-13-10-14-20-36)48(67)60-41(52(71)72)26-32(4)5/h31-44,55H,8-30,53-54H2,1-7H3,(H,56,66)(H,57,69)(H,58,64)(H,59,68)(H,60,67)(H,61,65)(H,71,72)/t33?,34-,37?,38?,39?,40?,41-,42?,43?,44-/m0/s1. The number of carboxylic acids is 1. The number of carboxylic acid groups (broad SMARTS) is 1. The Bertz CT molecular complexity index is 1790. The lowest BCUT2D eigenvalue weighted by molar-refractivity contribution is -0.145. The van der Waals surface area contributed by atoms with Crippen LogP contribution in [-0.4, -0.2) is 143 Å². The maximum absolute atomic E-state index is 14.2. The Balaban J connectivity index is 1.40. The van der Waals surface area contributed by atoms with Gasteiger partial charge < -0.3 is 53.8 Å². The summed E-state index contributed by atoms with van der Waals surface area (Å²) in [5.74, 6) is -4.02. The second-order valence-electron chi connectivity index (χ2n) is 22.3. The number of nitrogens with one attached hydrogen (secondary N) is 7. The maximum atomic E-state index is 14.2. The summed E-state index contributed by atoms with van der Waals surface area (Å²) in [6, 6.07) is -7.69. The molecule has 10 atom stereocenters. The number of nitrogens with zero attached hydrogens (tertiary/aromatic N) is 2. The van der Waals surface area contributed by atoms with Crippen molar-refractivity contribution in [3.05, 3.63) is 0 Å². The molecule has 2 saturated heterocycles. The minimum Gasteiger partial charge on any atom is -0.480 e. The summed E-state index contributed by atoms with van der Waals surface area (Å²) in [6.07, 6.45) is 14.9. The molecule has 2 heterocycles. The molecule has 72 heavy (non-hydrogen) atoms. The highest BCUT2D eigenvalue weighted by atomic mass is 16.4. The first-order valence-corrected chi connectivity index (χ1v) is 27.5. The molecule has 7 unspecified atom stereocenters. The molecule has 0 radical (unpaired) electrons. The lowest BCUT2D eigenvalue weighted by Crippen LogP contribution is -2.58. The Kier molecular flexibility index (Phi) is 25.1. The van der Waals surface area contributed by atoms with E-state index in [1.165, 1.54) is 18.4 Å². The molecule has 0 aromatic heterocycles. The van der Waals surface area contributed by atoms with Gasteiger partial charge in [0, 0.05) is 25.7 Å². The van der Waals surface area contributed by atoms with E-state index < -0.39 is 77.9 Å². The molecule has 20 heteroatoms. The summed E-state index contributed by atoms with van der Waals surface area (Å²) in [5, 5.41) is 33.8. The van der Waals surface area contributed by atoms with Crippen molar-refractivity contribution in [2.24, 2.45) is 41.1 Å². The van der Waals surface area contributed by atoms with Gasteiger partial charge in [-0.1, -0.05) is 119 Å². The Morgan fingerprint density at radius 1 is 0.667 bits per heavy atom. The smallest absolute Gasteiger partial charge is 0.326 e. The Hall–Kier alpha value is -4.40. The molecule has 410 valence electrons. The summed E-state index contributed by atoms with van der Waals surface area (Å²) in [4.78, 5) is 109. The second-order valence-corrected chi connectivity index (χ2v) is 22.3. The van der Waals surface area contributed by atoms with Gasteiger partial charge in [0.15, 0.2) is 0 Å². The van der Waals surface area contributed by atoms with Gasteiger partial charge in [-0.3, -0.25) is 38.6 Å². The number of aliphatic carboxylic acids is 1. The fourth-order valence-electron chi connectivity index (χ4n) is 10.8. The third-order valence-electron chi connectivity index (χ3n) is 15.2. The number of hydrogen-bond donors (Lipinski definition) is 10. The number of carbonyl (C=O) groups is 8. The molecule has 2 aliphatic heterocycles. The van der Waals surface area contributed by atoms with Gasteiger partial charge in [0.2, 0.25) is 35.4 Å². The van der Waals surface area contributed by atoms with Crippen LogP contribution in [0, 0.1) is 29.6 Å². The molecule has 0 aromatic carbocycles. The first-order valence-electron chi connectivity index (χ1n) is 27.5. The van der Waals surface area contributed by atoms with Gasteiger partial charge in [-0.15, -0.1) is 0 Å². The van der Waals surface area contributed by atoms with Crippen LogP contribution in [0.4, 0.5) is 0 Å². The molecule has 12 N–H and O–H groups in total. The van der Waals surface area contributed by atoms with Crippen LogP contribution in [0.3, 0.4) is 0 Å². The fraction of sp³-hybridized carbons (Fsp3) is 0.846. The van der Waals surface area contributed by atoms with Crippen LogP contribution in [0.1, 0.15) is 170 Å². The minimum absolute atomic E-state index is 0.00558. The van der Waals surface area contributed by atoms with E-state index in [-0.39, 0.29) is 60.3 Å². The van der Waals surface area contributed by atoms with Crippen molar-refractivity contribution in [1.82, 2.24) is 47.2 Å². The zero-order valence-electron chi connectivity index (χ0n) is 44.6. The highest BCUT2D eigenvalue weighted by Crippen LogP contribution is 2.30. The summed E-state index contributed by atoms with van der Waals surface area (Å²) in [7, 11) is 0. The van der Waals surface area contributed by atoms with Crippen LogP contribution in [0.15, 0.2) is 0 Å². The van der Waals surface area contributed by atoms with Crippen molar-refractivity contribution < 1.29 is 43.5 Å². The van der Waals surface area contributed by atoms with Gasteiger partial charge in [-0.25, -0.2) is 9.80 Å². The minimum atomic E-state index is -1.15. The second kappa shape index (κ2) is 30.1. The molecule has 0 spiro atoms. The van der Waals surface area contributed by atoms with Crippen LogP contribution >= 0.6 is 0 Å². The van der Waals surface area contributed by atoms with Crippen LogP contribution in [-0.2, 0) is 38.4 Å². The van der Waals surface area contributed by atoms with E-state index in [1.54, 1.807) is 0 Å². The van der Waals surface area contributed by atoms with Crippen LogP contribution in [0.5, 0.6) is 0 Å².